The molecule has 3 heteroatoms. The Morgan fingerprint density at radius 3 is 2.90 bits per heavy atom. The molecule has 3 atom stereocenters. The minimum absolute atomic E-state index is 0.285. The lowest BCUT2D eigenvalue weighted by Crippen LogP contribution is -2.27. The number of rotatable bonds is 4. The predicted molar refractivity (Wildman–Crippen MR) is 85.4 cm³/mol. The van der Waals surface area contributed by atoms with Gasteiger partial charge in [-0.2, -0.15) is 0 Å². The zero-order valence-corrected chi connectivity index (χ0v) is 13.6. The zero-order chi connectivity index (χ0) is 15.0. The van der Waals surface area contributed by atoms with E-state index in [9.17, 15) is 0 Å². The second kappa shape index (κ2) is 5.88. The highest BCUT2D eigenvalue weighted by atomic mass is 16.5. The summed E-state index contributed by atoms with van der Waals surface area (Å²) in [5.74, 6) is 3.34. The van der Waals surface area contributed by atoms with Crippen LogP contribution in [0, 0.1) is 5.92 Å². The number of fused-ring (bicyclic) bond motifs is 1. The molecular formula is C18H27NO2. The number of ether oxygens (including phenoxy) is 2. The molecule has 3 rings (SSSR count). The normalized spacial score (nSPS) is 27.8. The summed E-state index contributed by atoms with van der Waals surface area (Å²) in [4.78, 5) is 0. The van der Waals surface area contributed by atoms with Crippen molar-refractivity contribution < 1.29 is 9.47 Å². The fraction of sp³-hybridized carbons (Fsp3) is 0.667. The monoisotopic (exact) mass is 289 g/mol. The summed E-state index contributed by atoms with van der Waals surface area (Å²) in [6, 6.07) is 4.98. The zero-order valence-electron chi connectivity index (χ0n) is 13.6. The van der Waals surface area contributed by atoms with Crippen LogP contribution in [-0.2, 0) is 6.42 Å². The molecule has 2 aliphatic heterocycles. The average molecular weight is 289 g/mol. The van der Waals surface area contributed by atoms with E-state index in [1.807, 2.05) is 0 Å². The lowest BCUT2D eigenvalue weighted by atomic mass is 9.86. The Balaban J connectivity index is 1.92. The highest BCUT2D eigenvalue weighted by Crippen LogP contribution is 2.42. The Kier molecular flexibility index (Phi) is 4.12. The first-order valence-corrected chi connectivity index (χ1v) is 8.19. The van der Waals surface area contributed by atoms with Crippen molar-refractivity contribution in [2.24, 2.45) is 5.92 Å². The van der Waals surface area contributed by atoms with Crippen LogP contribution in [0.3, 0.4) is 0 Å². The lowest BCUT2D eigenvalue weighted by Gasteiger charge is -2.24. The molecule has 1 aromatic rings. The Morgan fingerprint density at radius 2 is 2.19 bits per heavy atom. The molecule has 2 aliphatic rings. The van der Waals surface area contributed by atoms with Crippen LogP contribution in [0.2, 0.25) is 0 Å². The van der Waals surface area contributed by atoms with Gasteiger partial charge in [-0.25, -0.2) is 0 Å². The van der Waals surface area contributed by atoms with Gasteiger partial charge >= 0.3 is 0 Å². The minimum atomic E-state index is 0.285. The van der Waals surface area contributed by atoms with Crippen LogP contribution in [0.4, 0.5) is 0 Å². The standard InChI is InChI=1S/C18H27NO2/c1-11(2)7-16-14(5-6-19-16)15-10-17-13(8-12(3)21-17)9-18(15)20-4/h9-12,14,16,19H,5-8H2,1-4H3. The number of methoxy groups -OCH3 is 1. The predicted octanol–water partition coefficient (Wildman–Crippen LogP) is 3.51. The molecule has 1 saturated heterocycles. The maximum Gasteiger partial charge on any atom is 0.123 e. The third-order valence-electron chi connectivity index (χ3n) is 4.72. The van der Waals surface area contributed by atoms with Crippen molar-refractivity contribution in [3.63, 3.8) is 0 Å². The second-order valence-electron chi connectivity index (χ2n) is 6.92. The van der Waals surface area contributed by atoms with Gasteiger partial charge in [-0.1, -0.05) is 13.8 Å². The summed E-state index contributed by atoms with van der Waals surface area (Å²) < 4.78 is 11.6. The van der Waals surface area contributed by atoms with Crippen LogP contribution >= 0.6 is 0 Å². The topological polar surface area (TPSA) is 30.5 Å². The quantitative estimate of drug-likeness (QED) is 0.920. The van der Waals surface area contributed by atoms with Crippen LogP contribution in [0.5, 0.6) is 11.5 Å². The fourth-order valence-electron chi connectivity index (χ4n) is 3.82. The van der Waals surface area contributed by atoms with Crippen LogP contribution in [0.1, 0.15) is 50.7 Å². The molecule has 116 valence electrons. The van der Waals surface area contributed by atoms with Crippen molar-refractivity contribution in [1.29, 1.82) is 0 Å². The molecule has 0 radical (unpaired) electrons. The van der Waals surface area contributed by atoms with Crippen LogP contribution < -0.4 is 14.8 Å². The highest BCUT2D eigenvalue weighted by Gasteiger charge is 2.32. The maximum absolute atomic E-state index is 5.95. The van der Waals surface area contributed by atoms with Gasteiger partial charge in [0.2, 0.25) is 0 Å². The molecule has 0 spiro atoms. The molecule has 3 nitrogen and oxygen atoms in total. The molecule has 0 saturated carbocycles. The summed E-state index contributed by atoms with van der Waals surface area (Å²) in [6.45, 7) is 7.81. The summed E-state index contributed by atoms with van der Waals surface area (Å²) in [5, 5.41) is 3.67. The molecule has 3 unspecified atom stereocenters. The van der Waals surface area contributed by atoms with Gasteiger partial charge in [0.1, 0.15) is 17.6 Å². The molecule has 0 amide bonds. The van der Waals surface area contributed by atoms with Gasteiger partial charge in [0.25, 0.3) is 0 Å². The molecule has 1 aromatic carbocycles. The van der Waals surface area contributed by atoms with Crippen molar-refractivity contribution in [2.75, 3.05) is 13.7 Å². The van der Waals surface area contributed by atoms with Crippen molar-refractivity contribution in [1.82, 2.24) is 5.32 Å². The summed E-state index contributed by atoms with van der Waals surface area (Å²) in [6.07, 6.45) is 3.67. The average Bonchev–Trinajstić information content (AvgIpc) is 3.01. The van der Waals surface area contributed by atoms with Gasteiger partial charge in [-0.15, -0.1) is 0 Å². The number of hydrogen-bond donors (Lipinski definition) is 1. The van der Waals surface area contributed by atoms with E-state index < -0.39 is 0 Å². The Labute approximate surface area is 128 Å². The van der Waals surface area contributed by atoms with E-state index in [1.165, 1.54) is 24.0 Å². The molecular weight excluding hydrogens is 262 g/mol. The van der Waals surface area contributed by atoms with Gasteiger partial charge in [-0.3, -0.25) is 0 Å². The largest absolute Gasteiger partial charge is 0.496 e. The second-order valence-corrected chi connectivity index (χ2v) is 6.92. The maximum atomic E-state index is 5.95. The summed E-state index contributed by atoms with van der Waals surface area (Å²) in [5.41, 5.74) is 2.61. The van der Waals surface area contributed by atoms with Gasteiger partial charge in [-0.05, 0) is 44.4 Å². The van der Waals surface area contributed by atoms with Gasteiger partial charge in [0.15, 0.2) is 0 Å². The number of nitrogens with one attached hydrogen (secondary N) is 1. The van der Waals surface area contributed by atoms with Gasteiger partial charge < -0.3 is 14.8 Å². The van der Waals surface area contributed by atoms with E-state index in [0.29, 0.717) is 17.9 Å². The molecule has 2 heterocycles. The lowest BCUT2D eigenvalue weighted by molar-refractivity contribution is 0.254. The smallest absolute Gasteiger partial charge is 0.123 e. The van der Waals surface area contributed by atoms with E-state index in [4.69, 9.17) is 9.47 Å². The first-order valence-electron chi connectivity index (χ1n) is 8.19. The summed E-state index contributed by atoms with van der Waals surface area (Å²) >= 11 is 0. The molecule has 21 heavy (non-hydrogen) atoms. The van der Waals surface area contributed by atoms with Gasteiger partial charge in [0, 0.05) is 29.5 Å². The van der Waals surface area contributed by atoms with Crippen LogP contribution in [-0.4, -0.2) is 25.8 Å². The van der Waals surface area contributed by atoms with E-state index in [0.717, 1.165) is 24.5 Å². The third kappa shape index (κ3) is 2.89. The Hall–Kier alpha value is -1.22. The van der Waals surface area contributed by atoms with E-state index in [2.05, 4.69) is 38.2 Å². The first kappa shape index (κ1) is 14.7. The van der Waals surface area contributed by atoms with Crippen molar-refractivity contribution in [3.05, 3.63) is 23.3 Å². The molecule has 1 N–H and O–H groups in total. The van der Waals surface area contributed by atoms with E-state index in [1.54, 1.807) is 7.11 Å². The van der Waals surface area contributed by atoms with Crippen LogP contribution in [0.15, 0.2) is 12.1 Å². The Bertz CT molecular complexity index is 512. The Morgan fingerprint density at radius 1 is 1.38 bits per heavy atom. The first-order chi connectivity index (χ1) is 10.1. The molecule has 0 aromatic heterocycles. The molecule has 1 fully saturated rings. The summed E-state index contributed by atoms with van der Waals surface area (Å²) in [7, 11) is 1.78. The van der Waals surface area contributed by atoms with Crippen molar-refractivity contribution in [2.45, 2.75) is 58.1 Å². The fourth-order valence-corrected chi connectivity index (χ4v) is 3.82. The third-order valence-corrected chi connectivity index (χ3v) is 4.72. The van der Waals surface area contributed by atoms with Crippen molar-refractivity contribution in [3.8, 4) is 11.5 Å². The minimum Gasteiger partial charge on any atom is -0.496 e. The molecule has 0 bridgehead atoms. The number of benzene rings is 1. The SMILES string of the molecule is COc1cc2c(cc1C1CCNC1CC(C)C)OC(C)C2. The highest BCUT2D eigenvalue weighted by molar-refractivity contribution is 5.50. The van der Waals surface area contributed by atoms with Crippen LogP contribution in [0.25, 0.3) is 0 Å². The van der Waals surface area contributed by atoms with Crippen molar-refractivity contribution >= 4 is 0 Å². The molecule has 0 aliphatic carbocycles. The number of hydrogen-bond acceptors (Lipinski definition) is 3. The van der Waals surface area contributed by atoms with Gasteiger partial charge in [0.05, 0.1) is 7.11 Å². The van der Waals surface area contributed by atoms with E-state index in [-0.39, 0.29) is 6.10 Å². The van der Waals surface area contributed by atoms with E-state index >= 15 is 0 Å².